The molecule has 3 aromatic carbocycles. The van der Waals surface area contributed by atoms with Gasteiger partial charge >= 0.3 is 0 Å². The van der Waals surface area contributed by atoms with Crippen molar-refractivity contribution in [1.82, 2.24) is 15.1 Å². The first-order valence-corrected chi connectivity index (χ1v) is 10.5. The third-order valence-corrected chi connectivity index (χ3v) is 5.09. The number of para-hydroxylation sites is 1. The summed E-state index contributed by atoms with van der Waals surface area (Å²) in [6.07, 6.45) is 1.11. The Morgan fingerprint density at radius 2 is 1.91 bits per heavy atom. The predicted octanol–water partition coefficient (Wildman–Crippen LogP) is 3.26. The highest BCUT2D eigenvalue weighted by molar-refractivity contribution is 5.86. The SMILES string of the molecule is C=C(NOCc1nc2ccccc2c(=O)n1/N=C/c1cc(C)cc([N+](=O)[O-])c1[O-])c1ccccc1. The molecule has 1 aromatic heterocycles. The molecule has 0 amide bonds. The zero-order valence-corrected chi connectivity index (χ0v) is 18.7. The number of benzene rings is 3. The van der Waals surface area contributed by atoms with Crippen molar-refractivity contribution in [3.8, 4) is 5.75 Å². The molecule has 176 valence electrons. The molecule has 0 atom stereocenters. The van der Waals surface area contributed by atoms with E-state index in [9.17, 15) is 20.0 Å². The molecule has 1 heterocycles. The number of nitrogens with zero attached hydrogens (tertiary/aromatic N) is 4. The zero-order chi connectivity index (χ0) is 24.9. The van der Waals surface area contributed by atoms with E-state index in [1.165, 1.54) is 12.1 Å². The molecule has 0 aliphatic rings. The van der Waals surface area contributed by atoms with Crippen LogP contribution in [0.5, 0.6) is 5.75 Å². The van der Waals surface area contributed by atoms with Crippen LogP contribution in [0.15, 0.2) is 83.2 Å². The molecule has 0 saturated carbocycles. The number of aromatic nitrogens is 2. The van der Waals surface area contributed by atoms with E-state index in [1.807, 2.05) is 30.3 Å². The Labute approximate surface area is 199 Å². The van der Waals surface area contributed by atoms with Crippen LogP contribution in [-0.4, -0.2) is 20.8 Å². The van der Waals surface area contributed by atoms with Gasteiger partial charge < -0.3 is 5.11 Å². The summed E-state index contributed by atoms with van der Waals surface area (Å²) < 4.78 is 1.00. The molecular weight excluding hydrogens is 450 g/mol. The van der Waals surface area contributed by atoms with Gasteiger partial charge in [-0.3, -0.25) is 25.2 Å². The van der Waals surface area contributed by atoms with E-state index < -0.39 is 21.9 Å². The van der Waals surface area contributed by atoms with Gasteiger partial charge in [0.2, 0.25) is 0 Å². The minimum atomic E-state index is -0.801. The van der Waals surface area contributed by atoms with Crippen LogP contribution in [0.25, 0.3) is 16.6 Å². The molecule has 0 bridgehead atoms. The molecule has 0 aliphatic heterocycles. The normalized spacial score (nSPS) is 11.1. The Hall–Kier alpha value is -4.83. The van der Waals surface area contributed by atoms with Gasteiger partial charge in [-0.15, -0.1) is 0 Å². The lowest BCUT2D eigenvalue weighted by Gasteiger charge is -2.13. The standard InChI is InChI=1S/C25H21N5O5/c1-16-12-19(24(31)22(13-16)30(33)34)14-26-29-23(27-21-11-7-6-10-20(21)25(29)32)15-35-28-17(2)18-8-4-3-5-9-18/h3-14,28,31H,2,15H2,1H3/p-1/b26-14+. The van der Waals surface area contributed by atoms with E-state index in [0.29, 0.717) is 22.2 Å². The van der Waals surface area contributed by atoms with Gasteiger partial charge in [0.1, 0.15) is 6.61 Å². The first-order chi connectivity index (χ1) is 16.8. The van der Waals surface area contributed by atoms with Gasteiger partial charge in [-0.05, 0) is 41.5 Å². The van der Waals surface area contributed by atoms with Crippen molar-refractivity contribution < 1.29 is 14.9 Å². The number of aryl methyl sites for hydroxylation is 1. The summed E-state index contributed by atoms with van der Waals surface area (Å²) in [5.41, 5.74) is 3.92. The summed E-state index contributed by atoms with van der Waals surface area (Å²) >= 11 is 0. The van der Waals surface area contributed by atoms with Gasteiger partial charge in [-0.1, -0.05) is 55.1 Å². The summed E-state index contributed by atoms with van der Waals surface area (Å²) in [7, 11) is 0. The molecule has 1 N–H and O–H groups in total. The average molecular weight is 470 g/mol. The van der Waals surface area contributed by atoms with Gasteiger partial charge in [-0.25, -0.2) is 4.98 Å². The van der Waals surface area contributed by atoms with Crippen molar-refractivity contribution in [1.29, 1.82) is 0 Å². The number of nitro benzene ring substituents is 1. The molecule has 0 saturated heterocycles. The lowest BCUT2D eigenvalue weighted by atomic mass is 10.1. The van der Waals surface area contributed by atoms with Crippen molar-refractivity contribution >= 4 is 28.5 Å². The fourth-order valence-electron chi connectivity index (χ4n) is 3.40. The Kier molecular flexibility index (Phi) is 6.65. The second kappa shape index (κ2) is 9.98. The summed E-state index contributed by atoms with van der Waals surface area (Å²) in [6.45, 7) is 5.38. The third kappa shape index (κ3) is 5.07. The number of hydroxylamine groups is 1. The van der Waals surface area contributed by atoms with Crippen molar-refractivity contribution in [3.05, 3.63) is 116 Å². The number of nitro groups is 1. The Bertz CT molecular complexity index is 1510. The molecule has 35 heavy (non-hydrogen) atoms. The maximum absolute atomic E-state index is 13.1. The fourth-order valence-corrected chi connectivity index (χ4v) is 3.40. The van der Waals surface area contributed by atoms with Crippen molar-refractivity contribution in [2.24, 2.45) is 5.10 Å². The number of fused-ring (bicyclic) bond motifs is 1. The van der Waals surface area contributed by atoms with Gasteiger partial charge in [-0.2, -0.15) is 9.78 Å². The average Bonchev–Trinajstić information content (AvgIpc) is 2.85. The molecular formula is C25H20N5O5-. The van der Waals surface area contributed by atoms with Crippen LogP contribution in [0, 0.1) is 17.0 Å². The van der Waals surface area contributed by atoms with Crippen LogP contribution in [-0.2, 0) is 11.4 Å². The summed E-state index contributed by atoms with van der Waals surface area (Å²) in [5.74, 6) is -0.655. The molecule has 4 rings (SSSR count). The number of rotatable bonds is 8. The van der Waals surface area contributed by atoms with E-state index in [-0.39, 0.29) is 18.0 Å². The van der Waals surface area contributed by atoms with Crippen molar-refractivity contribution in [2.45, 2.75) is 13.5 Å². The first kappa shape index (κ1) is 23.3. The molecule has 0 unspecified atom stereocenters. The predicted molar refractivity (Wildman–Crippen MR) is 130 cm³/mol. The molecule has 10 nitrogen and oxygen atoms in total. The van der Waals surface area contributed by atoms with Crippen LogP contribution in [0.1, 0.15) is 22.5 Å². The van der Waals surface area contributed by atoms with Crippen LogP contribution < -0.4 is 16.1 Å². The van der Waals surface area contributed by atoms with E-state index in [4.69, 9.17) is 4.84 Å². The highest BCUT2D eigenvalue weighted by atomic mass is 16.6. The molecule has 0 aliphatic carbocycles. The monoisotopic (exact) mass is 470 g/mol. The van der Waals surface area contributed by atoms with Crippen LogP contribution in [0.2, 0.25) is 0 Å². The van der Waals surface area contributed by atoms with E-state index in [0.717, 1.165) is 16.5 Å². The fraction of sp³-hybridized carbons (Fsp3) is 0.0800. The highest BCUT2D eigenvalue weighted by Gasteiger charge is 2.13. The van der Waals surface area contributed by atoms with Gasteiger partial charge in [0, 0.05) is 6.07 Å². The van der Waals surface area contributed by atoms with Gasteiger partial charge in [0.15, 0.2) is 5.82 Å². The smallest absolute Gasteiger partial charge is 0.282 e. The minimum Gasteiger partial charge on any atom is -0.867 e. The van der Waals surface area contributed by atoms with E-state index >= 15 is 0 Å². The lowest BCUT2D eigenvalue weighted by Crippen LogP contribution is -2.24. The molecule has 10 heteroatoms. The van der Waals surface area contributed by atoms with E-state index in [2.05, 4.69) is 22.1 Å². The van der Waals surface area contributed by atoms with Crippen LogP contribution in [0.4, 0.5) is 5.69 Å². The van der Waals surface area contributed by atoms with Gasteiger partial charge in [0.25, 0.3) is 11.2 Å². The summed E-state index contributed by atoms with van der Waals surface area (Å²) in [6, 6.07) is 18.7. The number of nitrogens with one attached hydrogen (secondary N) is 1. The van der Waals surface area contributed by atoms with Crippen molar-refractivity contribution in [2.75, 3.05) is 0 Å². The topological polar surface area (TPSA) is 135 Å². The lowest BCUT2D eigenvalue weighted by molar-refractivity contribution is -0.398. The maximum Gasteiger partial charge on any atom is 0.282 e. The first-order valence-electron chi connectivity index (χ1n) is 10.5. The molecule has 0 radical (unpaired) electrons. The van der Waals surface area contributed by atoms with Crippen LogP contribution in [0.3, 0.4) is 0 Å². The second-order valence-corrected chi connectivity index (χ2v) is 7.60. The molecule has 4 aromatic rings. The maximum atomic E-state index is 13.1. The summed E-state index contributed by atoms with van der Waals surface area (Å²) in [5, 5.41) is 28.1. The van der Waals surface area contributed by atoms with E-state index in [1.54, 1.807) is 31.2 Å². The Morgan fingerprint density at radius 3 is 2.66 bits per heavy atom. The number of hydrogen-bond donors (Lipinski definition) is 1. The highest BCUT2D eigenvalue weighted by Crippen LogP contribution is 2.27. The van der Waals surface area contributed by atoms with Crippen molar-refractivity contribution in [3.63, 3.8) is 0 Å². The largest absolute Gasteiger partial charge is 0.867 e. The molecule has 0 spiro atoms. The number of hydrogen-bond acceptors (Lipinski definition) is 8. The zero-order valence-electron chi connectivity index (χ0n) is 18.7. The third-order valence-electron chi connectivity index (χ3n) is 5.09. The Morgan fingerprint density at radius 1 is 1.20 bits per heavy atom. The quantitative estimate of drug-likeness (QED) is 0.237. The summed E-state index contributed by atoms with van der Waals surface area (Å²) in [4.78, 5) is 33.6. The Balaban J connectivity index is 1.68. The van der Waals surface area contributed by atoms with Gasteiger partial charge in [0.05, 0.1) is 27.7 Å². The van der Waals surface area contributed by atoms with Crippen LogP contribution >= 0.6 is 0 Å². The second-order valence-electron chi connectivity index (χ2n) is 7.60. The minimum absolute atomic E-state index is 0.0285. The molecule has 0 fully saturated rings.